The summed E-state index contributed by atoms with van der Waals surface area (Å²) in [5.41, 5.74) is 1.30. The third kappa shape index (κ3) is 5.68. The van der Waals surface area contributed by atoms with E-state index in [4.69, 9.17) is 9.47 Å². The number of aliphatic hydroxyl groups excluding tert-OH is 1. The van der Waals surface area contributed by atoms with Gasteiger partial charge in [0.1, 0.15) is 18.5 Å². The van der Waals surface area contributed by atoms with E-state index in [2.05, 4.69) is 4.74 Å². The van der Waals surface area contributed by atoms with Crippen molar-refractivity contribution in [3.63, 3.8) is 0 Å². The summed E-state index contributed by atoms with van der Waals surface area (Å²) in [6.45, 7) is 2.39. The van der Waals surface area contributed by atoms with Crippen LogP contribution in [0.2, 0.25) is 0 Å². The maximum atomic E-state index is 13.1. The van der Waals surface area contributed by atoms with Gasteiger partial charge in [-0.1, -0.05) is 12.1 Å². The molecule has 2 unspecified atom stereocenters. The molecule has 28 heavy (non-hydrogen) atoms. The lowest BCUT2D eigenvalue weighted by molar-refractivity contribution is 0.0597. The van der Waals surface area contributed by atoms with E-state index in [9.17, 15) is 14.3 Å². The third-order valence-electron chi connectivity index (χ3n) is 4.53. The first-order valence-electron chi connectivity index (χ1n) is 8.88. The Balaban J connectivity index is 1.93. The van der Waals surface area contributed by atoms with Crippen molar-refractivity contribution in [2.45, 2.75) is 19.1 Å². The number of carbonyl (C=O) groups excluding carboxylic acids is 1. The smallest absolute Gasteiger partial charge is 0.337 e. The molecule has 2 rings (SSSR count). The predicted octanol–water partition coefficient (Wildman–Crippen LogP) is 3.05. The molecule has 0 aliphatic heterocycles. The van der Waals surface area contributed by atoms with Gasteiger partial charge in [-0.3, -0.25) is 4.90 Å². The van der Waals surface area contributed by atoms with Gasteiger partial charge in [0.25, 0.3) is 0 Å². The number of rotatable bonds is 9. The highest BCUT2D eigenvalue weighted by atomic mass is 19.1. The first kappa shape index (κ1) is 21.7. The van der Waals surface area contributed by atoms with E-state index in [1.807, 2.05) is 18.9 Å². The molecule has 0 amide bonds. The predicted molar refractivity (Wildman–Crippen MR) is 103 cm³/mol. The Hall–Kier alpha value is -2.64. The van der Waals surface area contributed by atoms with Gasteiger partial charge in [0, 0.05) is 12.6 Å². The molecule has 0 heterocycles. The van der Waals surface area contributed by atoms with Crippen LogP contribution in [0.3, 0.4) is 0 Å². The number of aliphatic hydroxyl groups is 1. The zero-order valence-corrected chi connectivity index (χ0v) is 16.5. The quantitative estimate of drug-likeness (QED) is 0.663. The molecule has 0 bridgehead atoms. The molecule has 0 saturated heterocycles. The number of esters is 1. The highest BCUT2D eigenvalue weighted by Crippen LogP contribution is 2.28. The molecule has 0 spiro atoms. The average molecular weight is 391 g/mol. The van der Waals surface area contributed by atoms with Gasteiger partial charge >= 0.3 is 5.97 Å². The van der Waals surface area contributed by atoms with Crippen LogP contribution in [0, 0.1) is 5.82 Å². The van der Waals surface area contributed by atoms with Crippen LogP contribution in [0.5, 0.6) is 11.5 Å². The van der Waals surface area contributed by atoms with Crippen molar-refractivity contribution in [1.29, 1.82) is 0 Å². The summed E-state index contributed by atoms with van der Waals surface area (Å²) in [4.78, 5) is 13.6. The van der Waals surface area contributed by atoms with Gasteiger partial charge in [0.05, 0.1) is 19.8 Å². The SMILES string of the molecule is COC(=O)c1ccc(OCC(O)CN(C)C(C)c2ccc(F)cc2)c(OC)c1. The first-order chi connectivity index (χ1) is 13.3. The molecule has 0 radical (unpaired) electrons. The zero-order chi connectivity index (χ0) is 20.7. The largest absolute Gasteiger partial charge is 0.493 e. The molecule has 6 nitrogen and oxygen atoms in total. The Bertz CT molecular complexity index is 781. The van der Waals surface area contributed by atoms with Gasteiger partial charge in [0.15, 0.2) is 11.5 Å². The number of ether oxygens (including phenoxy) is 3. The molecule has 0 saturated carbocycles. The van der Waals surface area contributed by atoms with E-state index in [-0.39, 0.29) is 18.5 Å². The molecule has 2 atom stereocenters. The second-order valence-electron chi connectivity index (χ2n) is 6.49. The van der Waals surface area contributed by atoms with Gasteiger partial charge < -0.3 is 19.3 Å². The summed E-state index contributed by atoms with van der Waals surface area (Å²) in [6, 6.07) is 11.0. The van der Waals surface area contributed by atoms with Crippen LogP contribution in [-0.4, -0.2) is 56.5 Å². The van der Waals surface area contributed by atoms with Crippen molar-refractivity contribution < 1.29 is 28.5 Å². The topological polar surface area (TPSA) is 68.2 Å². The van der Waals surface area contributed by atoms with Crippen LogP contribution in [0.1, 0.15) is 28.9 Å². The standard InChI is InChI=1S/C21H26FNO5/c1-14(15-5-8-17(22)9-6-15)23(2)12-18(24)13-28-19-10-7-16(21(25)27-4)11-20(19)26-3/h5-11,14,18,24H,12-13H2,1-4H3. The van der Waals surface area contributed by atoms with Gasteiger partial charge in [-0.15, -0.1) is 0 Å². The number of nitrogens with zero attached hydrogens (tertiary/aromatic N) is 1. The van der Waals surface area contributed by atoms with Gasteiger partial charge in [0.2, 0.25) is 0 Å². The Kier molecular flexibility index (Phi) is 7.78. The van der Waals surface area contributed by atoms with Crippen LogP contribution in [0.25, 0.3) is 0 Å². The van der Waals surface area contributed by atoms with Gasteiger partial charge in [-0.25, -0.2) is 9.18 Å². The van der Waals surface area contributed by atoms with Crippen molar-refractivity contribution in [3.8, 4) is 11.5 Å². The van der Waals surface area contributed by atoms with Gasteiger partial charge in [-0.05, 0) is 49.9 Å². The fourth-order valence-corrected chi connectivity index (χ4v) is 2.76. The Morgan fingerprint density at radius 2 is 1.82 bits per heavy atom. The monoisotopic (exact) mass is 391 g/mol. The highest BCUT2D eigenvalue weighted by molar-refractivity contribution is 5.90. The highest BCUT2D eigenvalue weighted by Gasteiger charge is 2.17. The van der Waals surface area contributed by atoms with Crippen LogP contribution in [0.4, 0.5) is 4.39 Å². The maximum absolute atomic E-state index is 13.1. The summed E-state index contributed by atoms with van der Waals surface area (Å²) in [5.74, 6) is 0.0482. The molecule has 2 aromatic carbocycles. The van der Waals surface area contributed by atoms with E-state index in [0.29, 0.717) is 23.6 Å². The van der Waals surface area contributed by atoms with Crippen molar-refractivity contribution in [3.05, 3.63) is 59.4 Å². The maximum Gasteiger partial charge on any atom is 0.337 e. The summed E-state index contributed by atoms with van der Waals surface area (Å²) >= 11 is 0. The number of likely N-dealkylation sites (N-methyl/N-ethyl adjacent to an activating group) is 1. The summed E-state index contributed by atoms with van der Waals surface area (Å²) < 4.78 is 28.7. The van der Waals surface area contributed by atoms with Crippen LogP contribution >= 0.6 is 0 Å². The Morgan fingerprint density at radius 3 is 2.43 bits per heavy atom. The molecule has 0 fully saturated rings. The number of halogens is 1. The van der Waals surface area contributed by atoms with Crippen LogP contribution in [0.15, 0.2) is 42.5 Å². The molecule has 1 N–H and O–H groups in total. The Morgan fingerprint density at radius 1 is 1.14 bits per heavy atom. The number of benzene rings is 2. The van der Waals surface area contributed by atoms with Gasteiger partial charge in [-0.2, -0.15) is 0 Å². The molecule has 152 valence electrons. The summed E-state index contributed by atoms with van der Waals surface area (Å²) in [6.07, 6.45) is -0.752. The molecule has 0 aromatic heterocycles. The minimum Gasteiger partial charge on any atom is -0.493 e. The minimum absolute atomic E-state index is 0.00382. The summed E-state index contributed by atoms with van der Waals surface area (Å²) in [5, 5.41) is 10.3. The third-order valence-corrected chi connectivity index (χ3v) is 4.53. The Labute approximate surface area is 164 Å². The number of hydrogen-bond donors (Lipinski definition) is 1. The van der Waals surface area contributed by atoms with E-state index >= 15 is 0 Å². The van der Waals surface area contributed by atoms with Crippen molar-refractivity contribution >= 4 is 5.97 Å². The normalized spacial score (nSPS) is 13.1. The fourth-order valence-electron chi connectivity index (χ4n) is 2.76. The lowest BCUT2D eigenvalue weighted by Crippen LogP contribution is -2.34. The van der Waals surface area contributed by atoms with E-state index in [0.717, 1.165) is 5.56 Å². The number of carbonyl (C=O) groups is 1. The van der Waals surface area contributed by atoms with Crippen LogP contribution in [-0.2, 0) is 4.74 Å². The summed E-state index contributed by atoms with van der Waals surface area (Å²) in [7, 11) is 4.65. The first-order valence-corrected chi connectivity index (χ1v) is 8.88. The molecule has 0 aliphatic carbocycles. The average Bonchev–Trinajstić information content (AvgIpc) is 2.71. The van der Waals surface area contributed by atoms with E-state index in [1.54, 1.807) is 24.3 Å². The molecular weight excluding hydrogens is 365 g/mol. The zero-order valence-electron chi connectivity index (χ0n) is 16.5. The van der Waals surface area contributed by atoms with E-state index < -0.39 is 12.1 Å². The lowest BCUT2D eigenvalue weighted by atomic mass is 10.1. The van der Waals surface area contributed by atoms with Crippen molar-refractivity contribution in [1.82, 2.24) is 4.90 Å². The lowest BCUT2D eigenvalue weighted by Gasteiger charge is -2.27. The van der Waals surface area contributed by atoms with Crippen molar-refractivity contribution in [2.75, 3.05) is 34.4 Å². The molecular formula is C21H26FNO5. The fraction of sp³-hybridized carbons (Fsp3) is 0.381. The number of hydrogen-bond acceptors (Lipinski definition) is 6. The second-order valence-corrected chi connectivity index (χ2v) is 6.49. The number of methoxy groups -OCH3 is 2. The van der Waals surface area contributed by atoms with Crippen LogP contribution < -0.4 is 9.47 Å². The minimum atomic E-state index is -0.752. The molecule has 7 heteroatoms. The van der Waals surface area contributed by atoms with E-state index in [1.165, 1.54) is 32.4 Å². The second kappa shape index (κ2) is 10.1. The molecule has 2 aromatic rings. The molecule has 0 aliphatic rings. The van der Waals surface area contributed by atoms with Crippen molar-refractivity contribution in [2.24, 2.45) is 0 Å².